The van der Waals surface area contributed by atoms with Gasteiger partial charge in [0.25, 0.3) is 0 Å². The molecule has 12 heavy (non-hydrogen) atoms. The van der Waals surface area contributed by atoms with Crippen LogP contribution in [0.15, 0.2) is 11.6 Å². The van der Waals surface area contributed by atoms with E-state index in [1.807, 2.05) is 0 Å². The predicted molar refractivity (Wildman–Crippen MR) is 50.0 cm³/mol. The molecule has 0 saturated carbocycles. The first-order valence-electron chi connectivity index (χ1n) is 4.71. The summed E-state index contributed by atoms with van der Waals surface area (Å²) in [5.41, 5.74) is 1.47. The molecular weight excluding hydrogens is 153 g/mol. The maximum absolute atomic E-state index is 12.5. The molecule has 0 amide bonds. The highest BCUT2D eigenvalue weighted by Crippen LogP contribution is 2.17. The molecule has 0 heterocycles. The highest BCUT2D eigenvalue weighted by molar-refractivity contribution is 5.04. The lowest BCUT2D eigenvalue weighted by atomic mass is 9.96. The molecule has 0 aromatic carbocycles. The first kappa shape index (κ1) is 9.72. The standard InChI is InChI=1S/C10H18FN/c1-8-3-5-10(6-4-8)12-7-9(2)11/h3,9-10,12H,4-7H2,1-2H3. The molecular formula is C10H18FN. The summed E-state index contributed by atoms with van der Waals surface area (Å²) in [6.45, 7) is 4.25. The van der Waals surface area contributed by atoms with Gasteiger partial charge in [-0.25, -0.2) is 4.39 Å². The van der Waals surface area contributed by atoms with Crippen molar-refractivity contribution in [3.05, 3.63) is 11.6 Å². The zero-order valence-corrected chi connectivity index (χ0v) is 7.94. The van der Waals surface area contributed by atoms with E-state index in [0.29, 0.717) is 12.6 Å². The third kappa shape index (κ3) is 3.35. The number of nitrogens with one attached hydrogen (secondary N) is 1. The van der Waals surface area contributed by atoms with Crippen LogP contribution in [0.3, 0.4) is 0 Å². The minimum absolute atomic E-state index is 0.498. The van der Waals surface area contributed by atoms with Gasteiger partial charge in [0.2, 0.25) is 0 Å². The van der Waals surface area contributed by atoms with E-state index < -0.39 is 6.17 Å². The summed E-state index contributed by atoms with van der Waals surface area (Å²) in [6, 6.07) is 0.506. The Bertz CT molecular complexity index is 163. The van der Waals surface area contributed by atoms with Crippen molar-refractivity contribution in [1.82, 2.24) is 5.32 Å². The fraction of sp³-hybridized carbons (Fsp3) is 0.800. The van der Waals surface area contributed by atoms with Gasteiger partial charge in [0.1, 0.15) is 6.17 Å². The van der Waals surface area contributed by atoms with Crippen molar-refractivity contribution in [3.63, 3.8) is 0 Å². The average molecular weight is 171 g/mol. The smallest absolute Gasteiger partial charge is 0.110 e. The van der Waals surface area contributed by atoms with Gasteiger partial charge in [0.05, 0.1) is 0 Å². The summed E-state index contributed by atoms with van der Waals surface area (Å²) < 4.78 is 12.5. The molecule has 2 atom stereocenters. The van der Waals surface area contributed by atoms with Crippen LogP contribution in [0.2, 0.25) is 0 Å². The monoisotopic (exact) mass is 171 g/mol. The van der Waals surface area contributed by atoms with Crippen LogP contribution in [0.25, 0.3) is 0 Å². The molecule has 0 aromatic rings. The largest absolute Gasteiger partial charge is 0.311 e. The Labute approximate surface area is 74.0 Å². The van der Waals surface area contributed by atoms with Crippen molar-refractivity contribution < 1.29 is 4.39 Å². The minimum Gasteiger partial charge on any atom is -0.311 e. The minimum atomic E-state index is -0.725. The van der Waals surface area contributed by atoms with Gasteiger partial charge in [-0.15, -0.1) is 0 Å². The van der Waals surface area contributed by atoms with Gasteiger partial charge in [0.15, 0.2) is 0 Å². The molecule has 0 bridgehead atoms. The maximum atomic E-state index is 12.5. The van der Waals surface area contributed by atoms with Crippen LogP contribution in [-0.2, 0) is 0 Å². The van der Waals surface area contributed by atoms with E-state index >= 15 is 0 Å². The molecule has 0 spiro atoms. The highest BCUT2D eigenvalue weighted by Gasteiger charge is 2.12. The van der Waals surface area contributed by atoms with Crippen molar-refractivity contribution in [2.75, 3.05) is 6.54 Å². The van der Waals surface area contributed by atoms with Gasteiger partial charge in [-0.05, 0) is 33.1 Å². The molecule has 2 unspecified atom stereocenters. The zero-order valence-electron chi connectivity index (χ0n) is 7.94. The number of halogens is 1. The highest BCUT2D eigenvalue weighted by atomic mass is 19.1. The molecule has 0 radical (unpaired) electrons. The van der Waals surface area contributed by atoms with E-state index in [9.17, 15) is 4.39 Å². The topological polar surface area (TPSA) is 12.0 Å². The quantitative estimate of drug-likeness (QED) is 0.643. The molecule has 0 fully saturated rings. The lowest BCUT2D eigenvalue weighted by molar-refractivity contribution is 0.321. The number of hydrogen-bond donors (Lipinski definition) is 1. The molecule has 70 valence electrons. The third-order valence-corrected chi connectivity index (χ3v) is 2.33. The SMILES string of the molecule is CC1=CCC(NCC(C)F)CC1. The molecule has 0 aliphatic heterocycles. The molecule has 0 aromatic heterocycles. The summed E-state index contributed by atoms with van der Waals surface area (Å²) in [5, 5.41) is 3.22. The van der Waals surface area contributed by atoms with Crippen molar-refractivity contribution >= 4 is 0 Å². The van der Waals surface area contributed by atoms with Gasteiger partial charge >= 0.3 is 0 Å². The predicted octanol–water partition coefficient (Wildman–Crippen LogP) is 2.43. The lowest BCUT2D eigenvalue weighted by Crippen LogP contribution is -2.34. The normalized spacial score (nSPS) is 26.6. The fourth-order valence-corrected chi connectivity index (χ4v) is 1.48. The number of allylic oxidation sites excluding steroid dienone is 1. The van der Waals surface area contributed by atoms with Crippen LogP contribution in [0.5, 0.6) is 0 Å². The van der Waals surface area contributed by atoms with Gasteiger partial charge in [-0.2, -0.15) is 0 Å². The number of rotatable bonds is 3. The van der Waals surface area contributed by atoms with E-state index in [4.69, 9.17) is 0 Å². The zero-order chi connectivity index (χ0) is 8.97. The Morgan fingerprint density at radius 1 is 1.75 bits per heavy atom. The Kier molecular flexibility index (Phi) is 3.73. The second kappa shape index (κ2) is 4.61. The molecule has 1 aliphatic rings. The van der Waals surface area contributed by atoms with Crippen molar-refractivity contribution in [2.45, 2.75) is 45.3 Å². The number of hydrogen-bond acceptors (Lipinski definition) is 1. The van der Waals surface area contributed by atoms with Crippen LogP contribution >= 0.6 is 0 Å². The summed E-state index contributed by atoms with van der Waals surface area (Å²) >= 11 is 0. The van der Waals surface area contributed by atoms with Crippen LogP contribution in [0.4, 0.5) is 4.39 Å². The maximum Gasteiger partial charge on any atom is 0.110 e. The van der Waals surface area contributed by atoms with Crippen LogP contribution in [0.1, 0.15) is 33.1 Å². The fourth-order valence-electron chi connectivity index (χ4n) is 1.48. The van der Waals surface area contributed by atoms with Crippen molar-refractivity contribution in [1.29, 1.82) is 0 Å². The molecule has 1 nitrogen and oxygen atoms in total. The third-order valence-electron chi connectivity index (χ3n) is 2.33. The van der Waals surface area contributed by atoms with E-state index in [1.165, 1.54) is 12.0 Å². The summed E-state index contributed by atoms with van der Waals surface area (Å²) in [5.74, 6) is 0. The molecule has 0 saturated heterocycles. The Morgan fingerprint density at radius 3 is 3.00 bits per heavy atom. The van der Waals surface area contributed by atoms with E-state index in [1.54, 1.807) is 6.92 Å². The molecule has 2 heteroatoms. The molecule has 1 rings (SSSR count). The van der Waals surface area contributed by atoms with Gasteiger partial charge in [0, 0.05) is 12.6 Å². The van der Waals surface area contributed by atoms with Crippen molar-refractivity contribution in [3.8, 4) is 0 Å². The van der Waals surface area contributed by atoms with E-state index in [-0.39, 0.29) is 0 Å². The van der Waals surface area contributed by atoms with Gasteiger partial charge in [-0.3, -0.25) is 0 Å². The average Bonchev–Trinajstić information content (AvgIpc) is 2.03. The van der Waals surface area contributed by atoms with Crippen LogP contribution in [0, 0.1) is 0 Å². The summed E-state index contributed by atoms with van der Waals surface area (Å²) in [7, 11) is 0. The Morgan fingerprint density at radius 2 is 2.50 bits per heavy atom. The number of alkyl halides is 1. The Hall–Kier alpha value is -0.370. The van der Waals surface area contributed by atoms with E-state index in [2.05, 4.69) is 18.3 Å². The van der Waals surface area contributed by atoms with Crippen LogP contribution in [-0.4, -0.2) is 18.8 Å². The van der Waals surface area contributed by atoms with Crippen molar-refractivity contribution in [2.24, 2.45) is 0 Å². The first-order valence-corrected chi connectivity index (χ1v) is 4.71. The molecule has 1 aliphatic carbocycles. The summed E-state index contributed by atoms with van der Waals surface area (Å²) in [6.07, 6.45) is 4.92. The van der Waals surface area contributed by atoms with Gasteiger partial charge in [-0.1, -0.05) is 11.6 Å². The van der Waals surface area contributed by atoms with Gasteiger partial charge < -0.3 is 5.32 Å². The molecule has 1 N–H and O–H groups in total. The second-order valence-corrected chi connectivity index (χ2v) is 3.71. The second-order valence-electron chi connectivity index (χ2n) is 3.71. The summed E-state index contributed by atoms with van der Waals surface area (Å²) in [4.78, 5) is 0. The van der Waals surface area contributed by atoms with Crippen LogP contribution < -0.4 is 5.32 Å². The first-order chi connectivity index (χ1) is 5.68. The van der Waals surface area contributed by atoms with E-state index in [0.717, 1.165) is 12.8 Å². The Balaban J connectivity index is 2.19. The lowest BCUT2D eigenvalue weighted by Gasteiger charge is -2.21.